The van der Waals surface area contributed by atoms with Gasteiger partial charge >= 0.3 is 0 Å². The fourth-order valence-corrected chi connectivity index (χ4v) is 1.46. The molecule has 0 atom stereocenters. The topological polar surface area (TPSA) is 38.0 Å². The molecule has 82 valence electrons. The average molecular weight is 214 g/mol. The third-order valence-corrected chi connectivity index (χ3v) is 2.29. The van der Waals surface area contributed by atoms with Crippen molar-refractivity contribution in [1.82, 2.24) is 9.78 Å². The minimum atomic E-state index is 0.0799. The van der Waals surface area contributed by atoms with Gasteiger partial charge in [-0.25, -0.2) is 4.68 Å². The van der Waals surface area contributed by atoms with Gasteiger partial charge in [0.15, 0.2) is 0 Å². The lowest BCUT2D eigenvalue weighted by Gasteiger charge is -1.98. The highest BCUT2D eigenvalue weighted by atomic mass is 16.3. The van der Waals surface area contributed by atoms with Gasteiger partial charge in [0, 0.05) is 11.8 Å². The third kappa shape index (κ3) is 2.38. The molecule has 1 aromatic carbocycles. The van der Waals surface area contributed by atoms with Crippen LogP contribution in [0.5, 0.6) is 0 Å². The van der Waals surface area contributed by atoms with E-state index in [0.717, 1.165) is 16.8 Å². The van der Waals surface area contributed by atoms with E-state index in [2.05, 4.69) is 5.10 Å². The van der Waals surface area contributed by atoms with Crippen LogP contribution in [0.15, 0.2) is 48.3 Å². The number of aliphatic hydroxyl groups is 1. The van der Waals surface area contributed by atoms with Gasteiger partial charge in [0.1, 0.15) is 0 Å². The van der Waals surface area contributed by atoms with Gasteiger partial charge in [0.05, 0.1) is 18.5 Å². The van der Waals surface area contributed by atoms with E-state index in [1.54, 1.807) is 6.20 Å². The van der Waals surface area contributed by atoms with Crippen LogP contribution >= 0.6 is 0 Å². The molecule has 0 amide bonds. The first-order valence-electron chi connectivity index (χ1n) is 5.18. The molecule has 0 aliphatic rings. The molecule has 3 heteroatoms. The van der Waals surface area contributed by atoms with E-state index in [-0.39, 0.29) is 6.61 Å². The van der Waals surface area contributed by atoms with Crippen molar-refractivity contribution in [3.05, 3.63) is 53.9 Å². The molecule has 0 aliphatic carbocycles. The Balaban J connectivity index is 2.27. The second-order valence-electron chi connectivity index (χ2n) is 3.70. The van der Waals surface area contributed by atoms with Gasteiger partial charge < -0.3 is 5.11 Å². The van der Waals surface area contributed by atoms with E-state index in [0.29, 0.717) is 0 Å². The lowest BCUT2D eigenvalue weighted by molar-refractivity contribution is 0.332. The fourth-order valence-electron chi connectivity index (χ4n) is 1.46. The Hall–Kier alpha value is -1.87. The van der Waals surface area contributed by atoms with E-state index >= 15 is 0 Å². The van der Waals surface area contributed by atoms with Crippen molar-refractivity contribution in [1.29, 1.82) is 0 Å². The summed E-state index contributed by atoms with van der Waals surface area (Å²) < 4.78 is 1.82. The van der Waals surface area contributed by atoms with Crippen LogP contribution in [0.2, 0.25) is 0 Å². The maximum Gasteiger partial charge on any atom is 0.0645 e. The molecule has 1 N–H and O–H groups in total. The van der Waals surface area contributed by atoms with Crippen molar-refractivity contribution in [2.75, 3.05) is 6.61 Å². The van der Waals surface area contributed by atoms with E-state index in [1.165, 1.54) is 0 Å². The normalized spacial score (nSPS) is 11.8. The number of para-hydroxylation sites is 1. The van der Waals surface area contributed by atoms with Crippen LogP contribution in [0.1, 0.15) is 12.5 Å². The van der Waals surface area contributed by atoms with Crippen molar-refractivity contribution in [3.8, 4) is 5.69 Å². The van der Waals surface area contributed by atoms with Gasteiger partial charge in [-0.3, -0.25) is 0 Å². The molecule has 2 rings (SSSR count). The smallest absolute Gasteiger partial charge is 0.0645 e. The Kier molecular flexibility index (Phi) is 3.17. The maximum absolute atomic E-state index is 8.92. The summed E-state index contributed by atoms with van der Waals surface area (Å²) in [7, 11) is 0. The molecule has 1 aromatic heterocycles. The summed E-state index contributed by atoms with van der Waals surface area (Å²) in [5.41, 5.74) is 2.95. The lowest BCUT2D eigenvalue weighted by atomic mass is 10.2. The highest BCUT2D eigenvalue weighted by Crippen LogP contribution is 2.10. The number of aliphatic hydroxyl groups excluding tert-OH is 1. The molecule has 0 saturated heterocycles. The number of aromatic nitrogens is 2. The minimum Gasteiger partial charge on any atom is -0.392 e. The predicted molar refractivity (Wildman–Crippen MR) is 64.3 cm³/mol. The number of nitrogens with zero attached hydrogens (tertiary/aromatic N) is 2. The summed E-state index contributed by atoms with van der Waals surface area (Å²) in [5.74, 6) is 0. The zero-order valence-electron chi connectivity index (χ0n) is 9.17. The van der Waals surface area contributed by atoms with Crippen LogP contribution in [-0.4, -0.2) is 21.5 Å². The van der Waals surface area contributed by atoms with Gasteiger partial charge in [-0.2, -0.15) is 5.10 Å². The minimum absolute atomic E-state index is 0.0799. The van der Waals surface area contributed by atoms with Gasteiger partial charge in [-0.15, -0.1) is 0 Å². The summed E-state index contributed by atoms with van der Waals surface area (Å²) in [5, 5.41) is 13.2. The van der Waals surface area contributed by atoms with Crippen molar-refractivity contribution in [2.24, 2.45) is 0 Å². The van der Waals surface area contributed by atoms with Crippen molar-refractivity contribution < 1.29 is 5.11 Å². The van der Waals surface area contributed by atoms with Crippen LogP contribution in [0.3, 0.4) is 0 Å². The summed E-state index contributed by atoms with van der Waals surface area (Å²) >= 11 is 0. The summed E-state index contributed by atoms with van der Waals surface area (Å²) in [6.45, 7) is 1.97. The molecule has 0 radical (unpaired) electrons. The maximum atomic E-state index is 8.92. The second-order valence-corrected chi connectivity index (χ2v) is 3.70. The molecule has 0 bridgehead atoms. The zero-order valence-corrected chi connectivity index (χ0v) is 9.17. The number of hydrogen-bond acceptors (Lipinski definition) is 2. The van der Waals surface area contributed by atoms with E-state index in [4.69, 9.17) is 5.11 Å². The Morgan fingerprint density at radius 3 is 2.81 bits per heavy atom. The van der Waals surface area contributed by atoms with Crippen LogP contribution in [-0.2, 0) is 0 Å². The molecule has 0 saturated carbocycles. The molecule has 0 aliphatic heterocycles. The molecule has 0 spiro atoms. The molecule has 2 aromatic rings. The zero-order chi connectivity index (χ0) is 11.4. The Morgan fingerprint density at radius 1 is 1.38 bits per heavy atom. The highest BCUT2D eigenvalue weighted by molar-refractivity contribution is 5.51. The number of benzene rings is 1. The monoisotopic (exact) mass is 214 g/mol. The molecular weight excluding hydrogens is 200 g/mol. The largest absolute Gasteiger partial charge is 0.392 e. The van der Waals surface area contributed by atoms with Crippen LogP contribution in [0.4, 0.5) is 0 Å². The SMILES string of the molecule is CC(=Cc1cnn(-c2ccccc2)c1)CO. The van der Waals surface area contributed by atoms with Gasteiger partial charge in [0.25, 0.3) is 0 Å². The van der Waals surface area contributed by atoms with Crippen LogP contribution < -0.4 is 0 Å². The number of hydrogen-bond donors (Lipinski definition) is 1. The first-order valence-corrected chi connectivity index (χ1v) is 5.18. The highest BCUT2D eigenvalue weighted by Gasteiger charge is 1.98. The standard InChI is InChI=1S/C13H14N2O/c1-11(10-16)7-12-8-14-15(9-12)13-5-3-2-4-6-13/h2-9,16H,10H2,1H3. The van der Waals surface area contributed by atoms with E-state index in [1.807, 2.05) is 54.2 Å². The van der Waals surface area contributed by atoms with Gasteiger partial charge in [-0.1, -0.05) is 24.3 Å². The predicted octanol–water partition coefficient (Wildman–Crippen LogP) is 2.27. The van der Waals surface area contributed by atoms with Gasteiger partial charge in [-0.05, 0) is 24.6 Å². The second kappa shape index (κ2) is 4.77. The lowest BCUT2D eigenvalue weighted by Crippen LogP contribution is -1.92. The first kappa shape index (κ1) is 10.6. The van der Waals surface area contributed by atoms with E-state index < -0.39 is 0 Å². The van der Waals surface area contributed by atoms with E-state index in [9.17, 15) is 0 Å². The van der Waals surface area contributed by atoms with Crippen molar-refractivity contribution in [2.45, 2.75) is 6.92 Å². The molecule has 0 fully saturated rings. The first-order chi connectivity index (χ1) is 7.79. The third-order valence-electron chi connectivity index (χ3n) is 2.29. The quantitative estimate of drug-likeness (QED) is 0.851. The molecule has 3 nitrogen and oxygen atoms in total. The summed E-state index contributed by atoms with van der Waals surface area (Å²) in [4.78, 5) is 0. The van der Waals surface area contributed by atoms with Crippen LogP contribution in [0, 0.1) is 0 Å². The Morgan fingerprint density at radius 2 is 2.12 bits per heavy atom. The molecule has 16 heavy (non-hydrogen) atoms. The Labute approximate surface area is 94.7 Å². The summed E-state index contributed by atoms with van der Waals surface area (Å²) in [6, 6.07) is 9.93. The molecule has 1 heterocycles. The van der Waals surface area contributed by atoms with Gasteiger partial charge in [0.2, 0.25) is 0 Å². The molecular formula is C13H14N2O. The summed E-state index contributed by atoms with van der Waals surface area (Å²) in [6.07, 6.45) is 5.65. The average Bonchev–Trinajstić information content (AvgIpc) is 2.78. The van der Waals surface area contributed by atoms with Crippen LogP contribution in [0.25, 0.3) is 11.8 Å². The Bertz CT molecular complexity index is 486. The van der Waals surface area contributed by atoms with Crippen molar-refractivity contribution in [3.63, 3.8) is 0 Å². The van der Waals surface area contributed by atoms with Crippen molar-refractivity contribution >= 4 is 6.08 Å². The fraction of sp³-hybridized carbons (Fsp3) is 0.154. The number of rotatable bonds is 3. The molecule has 0 unspecified atom stereocenters.